The van der Waals surface area contributed by atoms with Gasteiger partial charge in [-0.25, -0.2) is 13.8 Å². The summed E-state index contributed by atoms with van der Waals surface area (Å²) in [7, 11) is 0. The number of rotatable bonds is 5. The van der Waals surface area contributed by atoms with Crippen molar-refractivity contribution in [2.45, 2.75) is 44.8 Å². The number of pyridine rings is 1. The van der Waals surface area contributed by atoms with E-state index in [1.54, 1.807) is 0 Å². The van der Waals surface area contributed by atoms with Gasteiger partial charge < -0.3 is 14.8 Å². The number of halogens is 2. The van der Waals surface area contributed by atoms with Gasteiger partial charge >= 0.3 is 0 Å². The first-order chi connectivity index (χ1) is 10.4. The number of carbonyl (C=O) groups excluding carboxylic acids is 1. The van der Waals surface area contributed by atoms with Gasteiger partial charge in [-0.05, 0) is 32.8 Å². The molecule has 1 N–H and O–H groups in total. The van der Waals surface area contributed by atoms with Gasteiger partial charge in [0.1, 0.15) is 0 Å². The number of ether oxygens (including phenoxy) is 2. The molecule has 122 valence electrons. The van der Waals surface area contributed by atoms with E-state index >= 15 is 0 Å². The average Bonchev–Trinajstić information content (AvgIpc) is 2.44. The SMILES string of the molecule is CC1(C)CC(NC(=O)c2ccc(OCC(F)F)nc2)CCO1. The minimum Gasteiger partial charge on any atom is -0.472 e. The third kappa shape index (κ3) is 4.91. The molecule has 5 nitrogen and oxygen atoms in total. The molecule has 0 radical (unpaired) electrons. The van der Waals surface area contributed by atoms with E-state index in [1.807, 2.05) is 13.8 Å². The molecule has 0 spiro atoms. The highest BCUT2D eigenvalue weighted by Gasteiger charge is 2.29. The first-order valence-corrected chi connectivity index (χ1v) is 7.17. The monoisotopic (exact) mass is 314 g/mol. The molecular formula is C15H20F2N2O3. The largest absolute Gasteiger partial charge is 0.472 e. The highest BCUT2D eigenvalue weighted by molar-refractivity contribution is 5.94. The van der Waals surface area contributed by atoms with Crippen molar-refractivity contribution in [3.8, 4) is 5.88 Å². The molecule has 0 bridgehead atoms. The van der Waals surface area contributed by atoms with Crippen LogP contribution in [0.5, 0.6) is 5.88 Å². The van der Waals surface area contributed by atoms with E-state index in [4.69, 9.17) is 9.47 Å². The van der Waals surface area contributed by atoms with E-state index in [9.17, 15) is 13.6 Å². The van der Waals surface area contributed by atoms with E-state index in [-0.39, 0.29) is 23.4 Å². The van der Waals surface area contributed by atoms with Crippen LogP contribution in [0, 0.1) is 0 Å². The predicted molar refractivity (Wildman–Crippen MR) is 76.3 cm³/mol. The van der Waals surface area contributed by atoms with Crippen LogP contribution in [-0.4, -0.2) is 42.2 Å². The van der Waals surface area contributed by atoms with Crippen molar-refractivity contribution in [2.75, 3.05) is 13.2 Å². The Labute approximate surface area is 128 Å². The Kier molecular flexibility index (Phi) is 5.28. The zero-order valence-electron chi connectivity index (χ0n) is 12.6. The summed E-state index contributed by atoms with van der Waals surface area (Å²) in [6.07, 6.45) is 0.266. The van der Waals surface area contributed by atoms with Crippen LogP contribution >= 0.6 is 0 Å². The first kappa shape index (κ1) is 16.6. The maximum Gasteiger partial charge on any atom is 0.272 e. The highest BCUT2D eigenvalue weighted by atomic mass is 19.3. The van der Waals surface area contributed by atoms with Gasteiger partial charge in [0.05, 0.1) is 11.2 Å². The lowest BCUT2D eigenvalue weighted by Gasteiger charge is -2.35. The van der Waals surface area contributed by atoms with Crippen LogP contribution in [0.2, 0.25) is 0 Å². The van der Waals surface area contributed by atoms with Crippen LogP contribution in [0.1, 0.15) is 37.0 Å². The summed E-state index contributed by atoms with van der Waals surface area (Å²) >= 11 is 0. The second-order valence-corrected chi connectivity index (χ2v) is 5.86. The number of aromatic nitrogens is 1. The zero-order chi connectivity index (χ0) is 16.2. The van der Waals surface area contributed by atoms with E-state index in [1.165, 1.54) is 18.3 Å². The van der Waals surface area contributed by atoms with Crippen LogP contribution in [0.15, 0.2) is 18.3 Å². The van der Waals surface area contributed by atoms with Gasteiger partial charge in [-0.3, -0.25) is 4.79 Å². The molecule has 1 amide bonds. The normalized spacial score (nSPS) is 20.7. The lowest BCUT2D eigenvalue weighted by molar-refractivity contribution is -0.0615. The number of carbonyl (C=O) groups is 1. The molecule has 1 atom stereocenters. The average molecular weight is 314 g/mol. The molecule has 0 aromatic carbocycles. The summed E-state index contributed by atoms with van der Waals surface area (Å²) in [4.78, 5) is 16.0. The van der Waals surface area contributed by atoms with Gasteiger partial charge in [0.2, 0.25) is 5.88 Å². The lowest BCUT2D eigenvalue weighted by Crippen LogP contribution is -2.45. The van der Waals surface area contributed by atoms with Crippen molar-refractivity contribution in [1.29, 1.82) is 0 Å². The smallest absolute Gasteiger partial charge is 0.272 e. The second-order valence-electron chi connectivity index (χ2n) is 5.86. The van der Waals surface area contributed by atoms with Gasteiger partial charge in [0.15, 0.2) is 6.61 Å². The molecule has 22 heavy (non-hydrogen) atoms. The molecule has 1 unspecified atom stereocenters. The highest BCUT2D eigenvalue weighted by Crippen LogP contribution is 2.24. The van der Waals surface area contributed by atoms with Gasteiger partial charge in [-0.15, -0.1) is 0 Å². The van der Waals surface area contributed by atoms with Crippen LogP contribution in [-0.2, 0) is 4.74 Å². The Morgan fingerprint density at radius 2 is 2.32 bits per heavy atom. The van der Waals surface area contributed by atoms with Crippen LogP contribution < -0.4 is 10.1 Å². The summed E-state index contributed by atoms with van der Waals surface area (Å²) < 4.78 is 34.4. The second kappa shape index (κ2) is 7.00. The Hall–Kier alpha value is -1.76. The Balaban J connectivity index is 1.89. The fraction of sp³-hybridized carbons (Fsp3) is 0.600. The molecule has 1 aromatic heterocycles. The number of hydrogen-bond donors (Lipinski definition) is 1. The van der Waals surface area contributed by atoms with Crippen molar-refractivity contribution in [1.82, 2.24) is 10.3 Å². The number of hydrogen-bond acceptors (Lipinski definition) is 4. The third-order valence-corrected chi connectivity index (χ3v) is 3.39. The minimum atomic E-state index is -2.55. The number of alkyl halides is 2. The summed E-state index contributed by atoms with van der Waals surface area (Å²) in [6.45, 7) is 3.87. The molecule has 2 rings (SSSR count). The Morgan fingerprint density at radius 1 is 1.55 bits per heavy atom. The molecule has 2 heterocycles. The first-order valence-electron chi connectivity index (χ1n) is 7.17. The Bertz CT molecular complexity index is 506. The molecule has 1 aliphatic rings. The van der Waals surface area contributed by atoms with Crippen molar-refractivity contribution < 1.29 is 23.0 Å². The molecule has 1 fully saturated rings. The topological polar surface area (TPSA) is 60.5 Å². The molecule has 1 saturated heterocycles. The molecular weight excluding hydrogens is 294 g/mol. The Morgan fingerprint density at radius 3 is 2.91 bits per heavy atom. The molecule has 0 aliphatic carbocycles. The van der Waals surface area contributed by atoms with Crippen molar-refractivity contribution in [2.24, 2.45) is 0 Å². The van der Waals surface area contributed by atoms with Crippen molar-refractivity contribution in [3.63, 3.8) is 0 Å². The standard InChI is InChI=1S/C15H20F2N2O3/c1-15(2)7-11(5-6-22-15)19-14(20)10-3-4-13(18-8-10)21-9-12(16)17/h3-4,8,11-12H,5-7,9H2,1-2H3,(H,19,20). The van der Waals surface area contributed by atoms with Crippen LogP contribution in [0.25, 0.3) is 0 Å². The number of nitrogens with one attached hydrogen (secondary N) is 1. The lowest BCUT2D eigenvalue weighted by atomic mass is 9.94. The number of nitrogens with zero attached hydrogens (tertiary/aromatic N) is 1. The van der Waals surface area contributed by atoms with E-state index in [0.717, 1.165) is 12.8 Å². The van der Waals surface area contributed by atoms with Gasteiger partial charge in [-0.1, -0.05) is 0 Å². The molecule has 1 aromatic rings. The van der Waals surface area contributed by atoms with Gasteiger partial charge in [0.25, 0.3) is 12.3 Å². The third-order valence-electron chi connectivity index (χ3n) is 3.39. The minimum absolute atomic E-state index is 0.0472. The quantitative estimate of drug-likeness (QED) is 0.907. The van der Waals surface area contributed by atoms with E-state index < -0.39 is 13.0 Å². The van der Waals surface area contributed by atoms with Crippen molar-refractivity contribution in [3.05, 3.63) is 23.9 Å². The zero-order valence-corrected chi connectivity index (χ0v) is 12.6. The van der Waals surface area contributed by atoms with E-state index in [0.29, 0.717) is 12.2 Å². The number of amides is 1. The molecule has 1 aliphatic heterocycles. The van der Waals surface area contributed by atoms with Crippen molar-refractivity contribution >= 4 is 5.91 Å². The fourth-order valence-corrected chi connectivity index (χ4v) is 2.37. The van der Waals surface area contributed by atoms with Crippen LogP contribution in [0.3, 0.4) is 0 Å². The molecule has 0 saturated carbocycles. The summed E-state index contributed by atoms with van der Waals surface area (Å²) in [5, 5.41) is 2.94. The molecule has 7 heteroatoms. The summed E-state index contributed by atoms with van der Waals surface area (Å²) in [5.41, 5.74) is 0.121. The van der Waals surface area contributed by atoms with Gasteiger partial charge in [0, 0.05) is 24.9 Å². The fourth-order valence-electron chi connectivity index (χ4n) is 2.37. The predicted octanol–water partition coefficient (Wildman–Crippen LogP) is 2.41. The van der Waals surface area contributed by atoms with E-state index in [2.05, 4.69) is 10.3 Å². The summed E-state index contributed by atoms with van der Waals surface area (Å²) in [6, 6.07) is 2.96. The van der Waals surface area contributed by atoms with Gasteiger partial charge in [-0.2, -0.15) is 0 Å². The maximum atomic E-state index is 12.1. The van der Waals surface area contributed by atoms with Crippen LogP contribution in [0.4, 0.5) is 8.78 Å². The summed E-state index contributed by atoms with van der Waals surface area (Å²) in [5.74, 6) is -0.167. The maximum absolute atomic E-state index is 12.1.